The van der Waals surface area contributed by atoms with E-state index in [1.165, 1.54) is 12.1 Å². The van der Waals surface area contributed by atoms with E-state index in [4.69, 9.17) is 0 Å². The Morgan fingerprint density at radius 2 is 1.60 bits per heavy atom. The predicted molar refractivity (Wildman–Crippen MR) is 122 cm³/mol. The van der Waals surface area contributed by atoms with Gasteiger partial charge in [-0.3, -0.25) is 20.9 Å². The van der Waals surface area contributed by atoms with Crippen molar-refractivity contribution in [3.8, 4) is 0 Å². The molecule has 3 heterocycles. The molecule has 2 aromatic carbocycles. The van der Waals surface area contributed by atoms with Gasteiger partial charge < -0.3 is 0 Å². The molecule has 0 aromatic heterocycles. The molecule has 190 valence electrons. The summed E-state index contributed by atoms with van der Waals surface area (Å²) in [6, 6.07) is 13.1. The SMILES string of the molecule is FC1C(NCc2ccc(C3NNNN3)cc2)NCNC1N1CCCC1c1ccc(C(F)(F)F)cc1. The fourth-order valence-electron chi connectivity index (χ4n) is 5.02. The summed E-state index contributed by atoms with van der Waals surface area (Å²) in [6.07, 6.45) is -5.10. The third-order valence-corrected chi connectivity index (χ3v) is 6.86. The third-order valence-electron chi connectivity index (χ3n) is 6.86. The molecule has 12 heteroatoms. The topological polar surface area (TPSA) is 87.4 Å². The van der Waals surface area contributed by atoms with Crippen LogP contribution in [0.3, 0.4) is 0 Å². The summed E-state index contributed by atoms with van der Waals surface area (Å²) in [6.45, 7) is 1.61. The first-order valence-corrected chi connectivity index (χ1v) is 11.8. The molecule has 5 rings (SSSR count). The van der Waals surface area contributed by atoms with Gasteiger partial charge in [-0.15, -0.1) is 0 Å². The van der Waals surface area contributed by atoms with Crippen LogP contribution < -0.4 is 37.9 Å². The Labute approximate surface area is 201 Å². The summed E-state index contributed by atoms with van der Waals surface area (Å²) in [5, 5.41) is 9.62. The van der Waals surface area contributed by atoms with Gasteiger partial charge in [-0.25, -0.2) is 15.2 Å². The second-order valence-electron chi connectivity index (χ2n) is 9.06. The fraction of sp³-hybridized carbons (Fsp3) is 0.478. The van der Waals surface area contributed by atoms with Crippen LogP contribution >= 0.6 is 0 Å². The van der Waals surface area contributed by atoms with Crippen LogP contribution in [0.15, 0.2) is 48.5 Å². The van der Waals surface area contributed by atoms with Crippen molar-refractivity contribution in [2.45, 2.75) is 56.3 Å². The zero-order chi connectivity index (χ0) is 24.4. The molecule has 0 aliphatic carbocycles. The van der Waals surface area contributed by atoms with E-state index in [9.17, 15) is 13.2 Å². The molecule has 8 nitrogen and oxygen atoms in total. The summed E-state index contributed by atoms with van der Waals surface area (Å²) < 4.78 is 54.5. The minimum absolute atomic E-state index is 0.0443. The van der Waals surface area contributed by atoms with Crippen molar-refractivity contribution >= 4 is 0 Å². The lowest BCUT2D eigenvalue weighted by atomic mass is 10.0. The summed E-state index contributed by atoms with van der Waals surface area (Å²) in [5.41, 5.74) is 13.8. The number of nitrogens with one attached hydrogen (secondary N) is 7. The minimum Gasteiger partial charge on any atom is -0.295 e. The van der Waals surface area contributed by atoms with E-state index in [0.29, 0.717) is 19.8 Å². The van der Waals surface area contributed by atoms with Crippen LogP contribution in [0.5, 0.6) is 0 Å². The van der Waals surface area contributed by atoms with E-state index in [1.54, 1.807) is 0 Å². The number of benzene rings is 2. The van der Waals surface area contributed by atoms with Crippen LogP contribution in [0.2, 0.25) is 0 Å². The Morgan fingerprint density at radius 3 is 2.29 bits per heavy atom. The average Bonchev–Trinajstić information content (AvgIpc) is 3.56. The number of likely N-dealkylation sites (tertiary alicyclic amines) is 1. The van der Waals surface area contributed by atoms with Crippen LogP contribution in [0.25, 0.3) is 0 Å². The van der Waals surface area contributed by atoms with Gasteiger partial charge in [0.15, 0.2) is 6.17 Å². The number of alkyl halides is 4. The second-order valence-corrected chi connectivity index (χ2v) is 9.06. The molecule has 7 N–H and O–H groups in total. The Balaban J connectivity index is 1.20. The van der Waals surface area contributed by atoms with Crippen molar-refractivity contribution in [1.82, 2.24) is 42.8 Å². The van der Waals surface area contributed by atoms with Gasteiger partial charge >= 0.3 is 6.18 Å². The molecular weight excluding hydrogens is 464 g/mol. The number of hydrazine groups is 3. The van der Waals surface area contributed by atoms with Gasteiger partial charge in [0.1, 0.15) is 6.17 Å². The van der Waals surface area contributed by atoms with Crippen molar-refractivity contribution in [1.29, 1.82) is 0 Å². The van der Waals surface area contributed by atoms with E-state index in [1.807, 2.05) is 29.2 Å². The molecule has 0 bridgehead atoms. The van der Waals surface area contributed by atoms with Crippen molar-refractivity contribution in [2.75, 3.05) is 13.2 Å². The smallest absolute Gasteiger partial charge is 0.295 e. The summed E-state index contributed by atoms with van der Waals surface area (Å²) in [4.78, 5) is 2.04. The summed E-state index contributed by atoms with van der Waals surface area (Å²) >= 11 is 0. The molecule has 0 spiro atoms. The molecule has 0 amide bonds. The Hall–Kier alpha value is -2.16. The second kappa shape index (κ2) is 10.4. The maximum absolute atomic E-state index is 15.6. The van der Waals surface area contributed by atoms with Crippen molar-refractivity contribution in [3.63, 3.8) is 0 Å². The lowest BCUT2D eigenvalue weighted by Gasteiger charge is -2.42. The zero-order valence-corrected chi connectivity index (χ0v) is 19.0. The summed E-state index contributed by atoms with van der Waals surface area (Å²) in [5.74, 6) is 0. The van der Waals surface area contributed by atoms with Crippen molar-refractivity contribution in [3.05, 3.63) is 70.8 Å². The highest BCUT2D eigenvalue weighted by Crippen LogP contribution is 2.36. The molecular formula is C23H30F4N8. The molecule has 3 fully saturated rings. The monoisotopic (exact) mass is 494 g/mol. The van der Waals surface area contributed by atoms with E-state index < -0.39 is 30.2 Å². The molecule has 4 unspecified atom stereocenters. The Morgan fingerprint density at radius 1 is 0.914 bits per heavy atom. The van der Waals surface area contributed by atoms with Gasteiger partial charge in [-0.1, -0.05) is 36.4 Å². The van der Waals surface area contributed by atoms with E-state index in [-0.39, 0.29) is 12.2 Å². The van der Waals surface area contributed by atoms with Crippen LogP contribution in [0.4, 0.5) is 17.6 Å². The number of halogens is 4. The number of rotatable bonds is 6. The van der Waals surface area contributed by atoms with E-state index >= 15 is 4.39 Å². The van der Waals surface area contributed by atoms with Gasteiger partial charge in [-0.2, -0.15) is 24.2 Å². The predicted octanol–water partition coefficient (Wildman–Crippen LogP) is 1.89. The highest BCUT2D eigenvalue weighted by Gasteiger charge is 2.41. The molecule has 2 aromatic rings. The normalized spacial score (nSPS) is 28.6. The average molecular weight is 495 g/mol. The molecule has 3 aliphatic heterocycles. The zero-order valence-electron chi connectivity index (χ0n) is 19.0. The van der Waals surface area contributed by atoms with Gasteiger partial charge in [0.05, 0.1) is 17.9 Å². The first kappa shape index (κ1) is 24.5. The van der Waals surface area contributed by atoms with E-state index in [2.05, 4.69) is 37.9 Å². The summed E-state index contributed by atoms with van der Waals surface area (Å²) in [7, 11) is 0. The van der Waals surface area contributed by atoms with Crippen LogP contribution in [-0.4, -0.2) is 36.6 Å². The first-order chi connectivity index (χ1) is 16.9. The van der Waals surface area contributed by atoms with Gasteiger partial charge in [-0.05, 0) is 41.7 Å². The molecule has 4 atom stereocenters. The standard InChI is InChI=1S/C23H30F4N8/c24-19-21(28-12-14-3-5-16(6-4-14)20-31-33-34-32-20)29-13-30-22(19)35-11-1-2-18(35)15-7-9-17(10-8-15)23(25,26)27/h3-10,18-22,28-34H,1-2,11-13H2. The third kappa shape index (κ3) is 5.49. The molecule has 3 aliphatic rings. The van der Waals surface area contributed by atoms with Crippen LogP contribution in [0, 0.1) is 0 Å². The maximum Gasteiger partial charge on any atom is 0.416 e. The van der Waals surface area contributed by atoms with Crippen LogP contribution in [-0.2, 0) is 12.7 Å². The number of nitrogens with zero attached hydrogens (tertiary/aromatic N) is 1. The molecule has 0 radical (unpaired) electrons. The lowest BCUT2D eigenvalue weighted by Crippen LogP contribution is -2.68. The molecule has 35 heavy (non-hydrogen) atoms. The van der Waals surface area contributed by atoms with Gasteiger partial charge in [0.2, 0.25) is 0 Å². The fourth-order valence-corrected chi connectivity index (χ4v) is 5.02. The largest absolute Gasteiger partial charge is 0.416 e. The molecule has 3 saturated heterocycles. The number of hydrogen-bond acceptors (Lipinski definition) is 8. The Kier molecular flexibility index (Phi) is 7.32. The highest BCUT2D eigenvalue weighted by molar-refractivity contribution is 5.28. The maximum atomic E-state index is 15.6. The van der Waals surface area contributed by atoms with E-state index in [0.717, 1.165) is 41.7 Å². The van der Waals surface area contributed by atoms with Crippen molar-refractivity contribution in [2.24, 2.45) is 0 Å². The van der Waals surface area contributed by atoms with Crippen LogP contribution in [0.1, 0.15) is 47.3 Å². The minimum atomic E-state index is -4.37. The van der Waals surface area contributed by atoms with Crippen molar-refractivity contribution < 1.29 is 17.6 Å². The van der Waals surface area contributed by atoms with Gasteiger partial charge in [0, 0.05) is 25.8 Å². The Bertz CT molecular complexity index is 965. The highest BCUT2D eigenvalue weighted by atomic mass is 19.4. The molecule has 0 saturated carbocycles. The quantitative estimate of drug-likeness (QED) is 0.307. The first-order valence-electron chi connectivity index (χ1n) is 11.8. The number of hydrogen-bond donors (Lipinski definition) is 7. The van der Waals surface area contributed by atoms with Gasteiger partial charge in [0.25, 0.3) is 0 Å². The lowest BCUT2D eigenvalue weighted by molar-refractivity contribution is -0.137.